The SMILES string of the molecule is CCc1cccc(CC)c1-c1cc2cccc3cc(-c4c(CC)cccc4CC)c4cccc1c4c23. The molecule has 6 rings (SSSR count). The lowest BCUT2D eigenvalue weighted by atomic mass is 9.82. The van der Waals surface area contributed by atoms with Crippen molar-refractivity contribution in [2.45, 2.75) is 53.4 Å². The number of benzene rings is 6. The quantitative estimate of drug-likeness (QED) is 0.214. The third-order valence-electron chi connectivity index (χ3n) is 8.16. The Morgan fingerprint density at radius 1 is 0.417 bits per heavy atom. The zero-order chi connectivity index (χ0) is 24.8. The van der Waals surface area contributed by atoms with Gasteiger partial charge < -0.3 is 0 Å². The van der Waals surface area contributed by atoms with Gasteiger partial charge in [0.2, 0.25) is 0 Å². The molecule has 0 heterocycles. The van der Waals surface area contributed by atoms with Crippen LogP contribution in [-0.2, 0) is 25.7 Å². The first-order valence-corrected chi connectivity index (χ1v) is 13.6. The molecule has 36 heavy (non-hydrogen) atoms. The molecule has 6 aromatic carbocycles. The van der Waals surface area contributed by atoms with Crippen molar-refractivity contribution >= 4 is 32.3 Å². The van der Waals surface area contributed by atoms with Crippen molar-refractivity contribution in [1.82, 2.24) is 0 Å². The van der Waals surface area contributed by atoms with Gasteiger partial charge in [-0.1, -0.05) is 100 Å². The highest BCUT2D eigenvalue weighted by Gasteiger charge is 2.20. The molecule has 0 spiro atoms. The van der Waals surface area contributed by atoms with Crippen LogP contribution in [0.2, 0.25) is 0 Å². The molecule has 0 saturated carbocycles. The second-order valence-corrected chi connectivity index (χ2v) is 9.97. The van der Waals surface area contributed by atoms with Gasteiger partial charge >= 0.3 is 0 Å². The van der Waals surface area contributed by atoms with Crippen LogP contribution >= 0.6 is 0 Å². The van der Waals surface area contributed by atoms with Gasteiger partial charge in [-0.25, -0.2) is 0 Å². The van der Waals surface area contributed by atoms with E-state index in [-0.39, 0.29) is 0 Å². The van der Waals surface area contributed by atoms with E-state index in [0.29, 0.717) is 0 Å². The molecule has 0 saturated heterocycles. The van der Waals surface area contributed by atoms with Crippen LogP contribution in [0.5, 0.6) is 0 Å². The van der Waals surface area contributed by atoms with Crippen molar-refractivity contribution in [1.29, 1.82) is 0 Å². The summed E-state index contributed by atoms with van der Waals surface area (Å²) < 4.78 is 0. The first-order chi connectivity index (χ1) is 17.7. The standard InChI is InChI=1S/C36H34/c1-5-23-13-9-14-24(6-2)33(23)31-21-27-17-11-18-28-22-32(30-20-12-19-29(31)36(30)35(27)28)34-25(7-3)15-10-16-26(34)8-4/h9-22H,5-8H2,1-4H3. The predicted molar refractivity (Wildman–Crippen MR) is 159 cm³/mol. The van der Waals surface area contributed by atoms with Gasteiger partial charge in [0.05, 0.1) is 0 Å². The van der Waals surface area contributed by atoms with E-state index in [1.165, 1.54) is 76.8 Å². The molecule has 178 valence electrons. The first-order valence-electron chi connectivity index (χ1n) is 13.6. The van der Waals surface area contributed by atoms with Crippen LogP contribution in [0.25, 0.3) is 54.6 Å². The van der Waals surface area contributed by atoms with Crippen molar-refractivity contribution in [3.8, 4) is 22.3 Å². The van der Waals surface area contributed by atoms with E-state index in [9.17, 15) is 0 Å². The van der Waals surface area contributed by atoms with Gasteiger partial charge in [0.15, 0.2) is 0 Å². The molecule has 0 atom stereocenters. The fourth-order valence-electron chi connectivity index (χ4n) is 6.45. The van der Waals surface area contributed by atoms with Crippen molar-refractivity contribution in [2.24, 2.45) is 0 Å². The molecule has 0 amide bonds. The zero-order valence-electron chi connectivity index (χ0n) is 21.9. The van der Waals surface area contributed by atoms with Crippen LogP contribution < -0.4 is 0 Å². The Morgan fingerprint density at radius 2 is 0.778 bits per heavy atom. The average molecular weight is 467 g/mol. The van der Waals surface area contributed by atoms with Gasteiger partial charge in [0.1, 0.15) is 0 Å². The van der Waals surface area contributed by atoms with Crippen LogP contribution in [0.4, 0.5) is 0 Å². The van der Waals surface area contributed by atoms with Crippen LogP contribution in [0, 0.1) is 0 Å². The molecule has 0 nitrogen and oxygen atoms in total. The molecule has 0 fully saturated rings. The molecule has 0 radical (unpaired) electrons. The number of aryl methyl sites for hydroxylation is 4. The molecular weight excluding hydrogens is 432 g/mol. The van der Waals surface area contributed by atoms with E-state index in [4.69, 9.17) is 0 Å². The Kier molecular flexibility index (Phi) is 5.76. The van der Waals surface area contributed by atoms with Crippen molar-refractivity contribution in [2.75, 3.05) is 0 Å². The highest BCUT2D eigenvalue weighted by molar-refractivity contribution is 6.29. The van der Waals surface area contributed by atoms with Gasteiger partial charge in [-0.3, -0.25) is 0 Å². The van der Waals surface area contributed by atoms with E-state index in [0.717, 1.165) is 25.7 Å². The van der Waals surface area contributed by atoms with E-state index in [1.54, 1.807) is 0 Å². The molecule has 0 aliphatic rings. The van der Waals surface area contributed by atoms with Crippen molar-refractivity contribution in [3.05, 3.63) is 107 Å². The maximum absolute atomic E-state index is 2.45. The molecule has 0 aliphatic carbocycles. The summed E-state index contributed by atoms with van der Waals surface area (Å²) in [7, 11) is 0. The minimum absolute atomic E-state index is 1.04. The van der Waals surface area contributed by atoms with Gasteiger partial charge in [-0.2, -0.15) is 0 Å². The summed E-state index contributed by atoms with van der Waals surface area (Å²) in [5.41, 5.74) is 11.4. The Bertz CT molecular complexity index is 1550. The molecule has 0 aliphatic heterocycles. The van der Waals surface area contributed by atoms with Crippen molar-refractivity contribution in [3.63, 3.8) is 0 Å². The first kappa shape index (κ1) is 22.8. The fourth-order valence-corrected chi connectivity index (χ4v) is 6.45. The van der Waals surface area contributed by atoms with E-state index in [2.05, 4.69) is 113 Å². The van der Waals surface area contributed by atoms with Crippen LogP contribution in [-0.4, -0.2) is 0 Å². The van der Waals surface area contributed by atoms with E-state index >= 15 is 0 Å². The predicted octanol–water partition coefficient (Wildman–Crippen LogP) is 10.2. The molecule has 0 heteroatoms. The molecule has 0 N–H and O–H groups in total. The summed E-state index contributed by atoms with van der Waals surface area (Å²) in [4.78, 5) is 0. The summed E-state index contributed by atoms with van der Waals surface area (Å²) in [6.45, 7) is 9.12. The smallest absolute Gasteiger partial charge is 0.00143 e. The zero-order valence-corrected chi connectivity index (χ0v) is 21.9. The lowest BCUT2D eigenvalue weighted by Crippen LogP contribution is -1.98. The molecule has 0 bridgehead atoms. The number of hydrogen-bond acceptors (Lipinski definition) is 0. The minimum atomic E-state index is 1.04. The Hall–Kier alpha value is -3.64. The average Bonchev–Trinajstić information content (AvgIpc) is 2.94. The van der Waals surface area contributed by atoms with E-state index < -0.39 is 0 Å². The van der Waals surface area contributed by atoms with Gasteiger partial charge in [0, 0.05) is 0 Å². The van der Waals surface area contributed by atoms with Crippen molar-refractivity contribution < 1.29 is 0 Å². The van der Waals surface area contributed by atoms with Gasteiger partial charge in [0.25, 0.3) is 0 Å². The highest BCUT2D eigenvalue weighted by Crippen LogP contribution is 2.46. The Morgan fingerprint density at radius 3 is 1.17 bits per heavy atom. The molecular formula is C36H34. The lowest BCUT2D eigenvalue weighted by molar-refractivity contribution is 1.09. The molecule has 0 aromatic heterocycles. The summed E-state index contributed by atoms with van der Waals surface area (Å²) in [5.74, 6) is 0. The van der Waals surface area contributed by atoms with Crippen LogP contribution in [0.1, 0.15) is 49.9 Å². The monoisotopic (exact) mass is 466 g/mol. The van der Waals surface area contributed by atoms with Gasteiger partial charge in [-0.15, -0.1) is 0 Å². The Balaban J connectivity index is 1.82. The van der Waals surface area contributed by atoms with Gasteiger partial charge in [-0.05, 0) is 115 Å². The molecule has 0 unspecified atom stereocenters. The van der Waals surface area contributed by atoms with Crippen LogP contribution in [0.3, 0.4) is 0 Å². The number of hydrogen-bond donors (Lipinski definition) is 0. The highest BCUT2D eigenvalue weighted by atomic mass is 14.2. The second-order valence-electron chi connectivity index (χ2n) is 9.97. The second kappa shape index (κ2) is 9.10. The maximum atomic E-state index is 2.45. The lowest BCUT2D eigenvalue weighted by Gasteiger charge is -2.22. The third-order valence-corrected chi connectivity index (χ3v) is 8.16. The van der Waals surface area contributed by atoms with E-state index in [1.807, 2.05) is 0 Å². The summed E-state index contributed by atoms with van der Waals surface area (Å²) in [6, 6.07) is 32.4. The molecule has 6 aromatic rings. The Labute approximate surface area is 214 Å². The maximum Gasteiger partial charge on any atom is -0.00143 e. The number of rotatable bonds is 6. The summed E-state index contributed by atoms with van der Waals surface area (Å²) in [5, 5.41) is 8.24. The topological polar surface area (TPSA) is 0 Å². The normalized spacial score (nSPS) is 11.8. The van der Waals surface area contributed by atoms with Crippen LogP contribution in [0.15, 0.2) is 84.9 Å². The largest absolute Gasteiger partial charge is 0.0617 e. The summed E-state index contributed by atoms with van der Waals surface area (Å²) in [6.07, 6.45) is 4.16. The fraction of sp³-hybridized carbons (Fsp3) is 0.222. The minimum Gasteiger partial charge on any atom is -0.0617 e. The summed E-state index contributed by atoms with van der Waals surface area (Å²) >= 11 is 0. The third kappa shape index (κ3) is 3.35.